The first-order valence-electron chi connectivity index (χ1n) is 11.4. The number of hydrogen-bond acceptors (Lipinski definition) is 8. The van der Waals surface area contributed by atoms with E-state index in [2.05, 4.69) is 15.3 Å². The van der Waals surface area contributed by atoms with Gasteiger partial charge < -0.3 is 5.32 Å². The third kappa shape index (κ3) is 4.84. The van der Waals surface area contributed by atoms with Crippen LogP contribution in [0.25, 0.3) is 17.1 Å². The number of anilines is 1. The summed E-state index contributed by atoms with van der Waals surface area (Å²) in [6.45, 7) is 5.08. The average molecular weight is 524 g/mol. The Bertz CT molecular complexity index is 1820. The third-order valence-electron chi connectivity index (χ3n) is 6.08. The largest absolute Gasteiger partial charge is 0.345 e. The molecule has 4 aromatic rings. The highest BCUT2D eigenvalue weighted by Gasteiger charge is 2.21. The van der Waals surface area contributed by atoms with E-state index in [1.54, 1.807) is 39.0 Å². The standard InChI is InChI=1S/C27H20N6O6/c1-16-4-7-19(10-22(16)28-13-34)31-25(37)32(20-8-5-17(2)23(11-20)29-14-35)27(39)33(26(31)38)21-9-6-18(3)24(12-21)30-15-36/h4-13H,1-3H3,(H,28,34). The summed E-state index contributed by atoms with van der Waals surface area (Å²) in [6.07, 6.45) is 3.33. The average Bonchev–Trinajstić information content (AvgIpc) is 2.90. The van der Waals surface area contributed by atoms with Crippen molar-refractivity contribution in [2.75, 3.05) is 5.32 Å². The summed E-state index contributed by atoms with van der Waals surface area (Å²) in [5.74, 6) is 0. The van der Waals surface area contributed by atoms with E-state index in [1.807, 2.05) is 0 Å². The van der Waals surface area contributed by atoms with Crippen LogP contribution in [-0.4, -0.2) is 32.3 Å². The summed E-state index contributed by atoms with van der Waals surface area (Å²) < 4.78 is 2.27. The van der Waals surface area contributed by atoms with E-state index in [4.69, 9.17) is 0 Å². The van der Waals surface area contributed by atoms with Crippen LogP contribution in [0.2, 0.25) is 0 Å². The Morgan fingerprint density at radius 3 is 1.41 bits per heavy atom. The van der Waals surface area contributed by atoms with E-state index in [1.165, 1.54) is 48.6 Å². The summed E-state index contributed by atoms with van der Waals surface area (Å²) in [4.78, 5) is 81.5. The molecule has 0 saturated heterocycles. The van der Waals surface area contributed by atoms with E-state index in [0.717, 1.165) is 13.7 Å². The van der Waals surface area contributed by atoms with Gasteiger partial charge in [0.2, 0.25) is 18.6 Å². The monoisotopic (exact) mass is 524 g/mol. The van der Waals surface area contributed by atoms with Gasteiger partial charge >= 0.3 is 17.1 Å². The molecule has 4 rings (SSSR count). The second-order valence-corrected chi connectivity index (χ2v) is 8.46. The van der Waals surface area contributed by atoms with Crippen LogP contribution in [0, 0.1) is 20.8 Å². The molecule has 1 N–H and O–H groups in total. The second-order valence-electron chi connectivity index (χ2n) is 8.46. The minimum absolute atomic E-state index is 0.0312. The number of isocyanates is 2. The molecule has 3 aromatic carbocycles. The van der Waals surface area contributed by atoms with Crippen molar-refractivity contribution in [1.29, 1.82) is 0 Å². The van der Waals surface area contributed by atoms with Crippen LogP contribution in [-0.2, 0) is 14.4 Å². The zero-order chi connectivity index (χ0) is 28.3. The van der Waals surface area contributed by atoms with Crippen molar-refractivity contribution in [3.63, 3.8) is 0 Å². The smallest absolute Gasteiger partial charge is 0.328 e. The van der Waals surface area contributed by atoms with Gasteiger partial charge in [-0.15, -0.1) is 0 Å². The Morgan fingerprint density at radius 2 is 1.03 bits per heavy atom. The molecule has 0 radical (unpaired) electrons. The van der Waals surface area contributed by atoms with E-state index < -0.39 is 17.1 Å². The number of carbonyl (C=O) groups excluding carboxylic acids is 3. The van der Waals surface area contributed by atoms with Gasteiger partial charge in [-0.2, -0.15) is 9.98 Å². The fourth-order valence-corrected chi connectivity index (χ4v) is 3.99. The Balaban J connectivity index is 2.17. The molecule has 0 spiro atoms. The van der Waals surface area contributed by atoms with Crippen LogP contribution >= 0.6 is 0 Å². The van der Waals surface area contributed by atoms with Crippen molar-refractivity contribution in [1.82, 2.24) is 13.7 Å². The summed E-state index contributed by atoms with van der Waals surface area (Å²) in [7, 11) is 0. The van der Waals surface area contributed by atoms with Crippen molar-refractivity contribution in [2.45, 2.75) is 20.8 Å². The Hall–Kier alpha value is -5.70. The fourth-order valence-electron chi connectivity index (χ4n) is 3.99. The maximum Gasteiger partial charge on any atom is 0.345 e. The normalized spacial score (nSPS) is 10.3. The van der Waals surface area contributed by atoms with Crippen molar-refractivity contribution >= 4 is 35.6 Å². The molecule has 0 aliphatic rings. The van der Waals surface area contributed by atoms with Gasteiger partial charge in [0.1, 0.15) is 0 Å². The number of amides is 1. The lowest BCUT2D eigenvalue weighted by Gasteiger charge is -2.16. The number of benzene rings is 3. The summed E-state index contributed by atoms with van der Waals surface area (Å²) in [5, 5.41) is 2.51. The molecular weight excluding hydrogens is 504 g/mol. The molecule has 1 heterocycles. The number of rotatable bonds is 7. The van der Waals surface area contributed by atoms with Crippen molar-refractivity contribution in [3.05, 3.63) is 103 Å². The fraction of sp³-hybridized carbons (Fsp3) is 0.111. The van der Waals surface area contributed by atoms with Gasteiger partial charge in [-0.1, -0.05) is 18.2 Å². The number of aryl methyl sites for hydroxylation is 3. The molecule has 1 amide bonds. The first kappa shape index (κ1) is 26.4. The molecule has 194 valence electrons. The van der Waals surface area contributed by atoms with Crippen LogP contribution in [0.15, 0.2) is 79.0 Å². The van der Waals surface area contributed by atoms with Crippen LogP contribution in [0.4, 0.5) is 17.1 Å². The van der Waals surface area contributed by atoms with Crippen LogP contribution in [0.1, 0.15) is 16.7 Å². The van der Waals surface area contributed by atoms with Crippen molar-refractivity contribution in [2.24, 2.45) is 9.98 Å². The van der Waals surface area contributed by atoms with Crippen molar-refractivity contribution < 1.29 is 14.4 Å². The highest BCUT2D eigenvalue weighted by molar-refractivity contribution is 5.74. The maximum atomic E-state index is 13.8. The first-order valence-corrected chi connectivity index (χ1v) is 11.4. The molecular formula is C27H20N6O6. The topological polar surface area (TPSA) is 154 Å². The Kier molecular flexibility index (Phi) is 7.26. The van der Waals surface area contributed by atoms with Crippen molar-refractivity contribution in [3.8, 4) is 17.1 Å². The Labute approximate surface area is 219 Å². The highest BCUT2D eigenvalue weighted by atomic mass is 16.2. The lowest BCUT2D eigenvalue weighted by atomic mass is 10.1. The predicted octanol–water partition coefficient (Wildman–Crippen LogP) is 2.57. The molecule has 0 fully saturated rings. The molecule has 0 aliphatic heterocycles. The number of aromatic nitrogens is 3. The van der Waals surface area contributed by atoms with E-state index in [9.17, 15) is 28.8 Å². The molecule has 0 aliphatic carbocycles. The lowest BCUT2D eigenvalue weighted by molar-refractivity contribution is -0.105. The second kappa shape index (κ2) is 10.7. The van der Waals surface area contributed by atoms with Gasteiger partial charge in [0, 0.05) is 5.69 Å². The zero-order valence-electron chi connectivity index (χ0n) is 21.0. The summed E-state index contributed by atoms with van der Waals surface area (Å²) >= 11 is 0. The summed E-state index contributed by atoms with van der Waals surface area (Å²) in [6, 6.07) is 13.2. The number of nitrogens with zero attached hydrogens (tertiary/aromatic N) is 5. The maximum absolute atomic E-state index is 13.8. The SMILES string of the molecule is Cc1ccc(-n2c(=O)n(-c3ccc(C)c(N=C=O)c3)c(=O)n(-c3ccc(C)c(NC=O)c3)c2=O)cc1N=C=O. The minimum Gasteiger partial charge on any atom is -0.328 e. The van der Waals surface area contributed by atoms with Crippen LogP contribution in [0.5, 0.6) is 0 Å². The number of nitrogens with one attached hydrogen (secondary N) is 1. The first-order chi connectivity index (χ1) is 18.7. The molecule has 39 heavy (non-hydrogen) atoms. The third-order valence-corrected chi connectivity index (χ3v) is 6.08. The molecule has 0 bridgehead atoms. The van der Waals surface area contributed by atoms with E-state index in [-0.39, 0.29) is 28.4 Å². The van der Waals surface area contributed by atoms with Gasteiger partial charge in [0.15, 0.2) is 0 Å². The molecule has 0 unspecified atom stereocenters. The van der Waals surface area contributed by atoms with Gasteiger partial charge in [-0.25, -0.2) is 37.7 Å². The van der Waals surface area contributed by atoms with Crippen LogP contribution in [0.3, 0.4) is 0 Å². The van der Waals surface area contributed by atoms with Gasteiger partial charge in [0.05, 0.1) is 28.4 Å². The molecule has 0 atom stereocenters. The van der Waals surface area contributed by atoms with Gasteiger partial charge in [-0.05, 0) is 73.9 Å². The zero-order valence-corrected chi connectivity index (χ0v) is 21.0. The number of aliphatic imine (C=N–C) groups is 2. The number of carbonyl (C=O) groups is 1. The van der Waals surface area contributed by atoms with E-state index >= 15 is 0 Å². The van der Waals surface area contributed by atoms with E-state index in [0.29, 0.717) is 28.8 Å². The molecule has 1 aromatic heterocycles. The summed E-state index contributed by atoms with van der Waals surface area (Å²) in [5.41, 5.74) is -0.390. The van der Waals surface area contributed by atoms with Gasteiger partial charge in [0.25, 0.3) is 0 Å². The molecule has 12 nitrogen and oxygen atoms in total. The Morgan fingerprint density at radius 1 is 0.641 bits per heavy atom. The lowest BCUT2D eigenvalue weighted by Crippen LogP contribution is -2.52. The molecule has 12 heteroatoms. The van der Waals surface area contributed by atoms with Gasteiger partial charge in [-0.3, -0.25) is 4.79 Å². The predicted molar refractivity (Wildman–Crippen MR) is 143 cm³/mol. The van der Waals surface area contributed by atoms with Crippen LogP contribution < -0.4 is 22.4 Å². The quantitative estimate of drug-likeness (QED) is 0.223. The highest BCUT2D eigenvalue weighted by Crippen LogP contribution is 2.23. The molecule has 0 saturated carbocycles. The minimum atomic E-state index is -1.02. The number of hydrogen-bond donors (Lipinski definition) is 1.